The standard InChI is InChI=1S/C10H18N2O2S/c1-9(2,3)15(13)12-8(5-11)10(4)6-14-7-10/h8,12H,6-7H2,1-4H3/t8-,15-/m0/s1. The predicted molar refractivity (Wildman–Crippen MR) is 59.4 cm³/mol. The molecule has 0 bridgehead atoms. The Hall–Kier alpha value is -0.440. The number of nitriles is 1. The molecular formula is C10H18N2O2S. The van der Waals surface area contributed by atoms with Crippen LogP contribution in [0.2, 0.25) is 0 Å². The molecule has 0 aliphatic carbocycles. The third-order valence-corrected chi connectivity index (χ3v) is 4.03. The molecule has 4 nitrogen and oxygen atoms in total. The number of hydrogen-bond donors (Lipinski definition) is 1. The highest BCUT2D eigenvalue weighted by Crippen LogP contribution is 2.31. The van der Waals surface area contributed by atoms with Crippen molar-refractivity contribution in [2.75, 3.05) is 13.2 Å². The van der Waals surface area contributed by atoms with Crippen molar-refractivity contribution in [3.63, 3.8) is 0 Å². The normalized spacial score (nSPS) is 23.7. The molecule has 2 atom stereocenters. The van der Waals surface area contributed by atoms with Gasteiger partial charge in [0, 0.05) is 5.41 Å². The summed E-state index contributed by atoms with van der Waals surface area (Å²) >= 11 is 0. The van der Waals surface area contributed by atoms with Crippen molar-refractivity contribution in [1.82, 2.24) is 4.72 Å². The molecule has 1 aliphatic heterocycles. The molecule has 0 aromatic carbocycles. The summed E-state index contributed by atoms with van der Waals surface area (Å²) < 4.78 is 19.5. The van der Waals surface area contributed by atoms with E-state index < -0.39 is 17.0 Å². The van der Waals surface area contributed by atoms with Crippen LogP contribution in [-0.4, -0.2) is 28.2 Å². The zero-order valence-electron chi connectivity index (χ0n) is 9.66. The summed E-state index contributed by atoms with van der Waals surface area (Å²) in [6.45, 7) is 8.72. The second-order valence-corrected chi connectivity index (χ2v) is 7.21. The topological polar surface area (TPSA) is 62.1 Å². The van der Waals surface area contributed by atoms with Gasteiger partial charge in [-0.2, -0.15) is 5.26 Å². The number of rotatable bonds is 3. The Labute approximate surface area is 93.6 Å². The Bertz CT molecular complexity index is 300. The molecule has 0 saturated carbocycles. The average Bonchev–Trinajstić information content (AvgIpc) is 2.08. The Kier molecular flexibility index (Phi) is 3.54. The lowest BCUT2D eigenvalue weighted by atomic mass is 9.82. The number of ether oxygens (including phenoxy) is 1. The molecule has 0 aromatic rings. The van der Waals surface area contributed by atoms with Gasteiger partial charge < -0.3 is 4.74 Å². The maximum atomic E-state index is 11.8. The maximum absolute atomic E-state index is 11.8. The fraction of sp³-hybridized carbons (Fsp3) is 0.900. The largest absolute Gasteiger partial charge is 0.380 e. The highest BCUT2D eigenvalue weighted by molar-refractivity contribution is 7.84. The van der Waals surface area contributed by atoms with Crippen molar-refractivity contribution in [3.8, 4) is 6.07 Å². The molecule has 0 spiro atoms. The van der Waals surface area contributed by atoms with Crippen LogP contribution in [-0.2, 0) is 15.7 Å². The van der Waals surface area contributed by atoms with E-state index in [-0.39, 0.29) is 10.2 Å². The predicted octanol–water partition coefficient (Wildman–Crippen LogP) is 0.967. The van der Waals surface area contributed by atoms with Crippen LogP contribution >= 0.6 is 0 Å². The summed E-state index contributed by atoms with van der Waals surface area (Å²) in [5, 5.41) is 9.04. The fourth-order valence-electron chi connectivity index (χ4n) is 1.20. The van der Waals surface area contributed by atoms with Gasteiger partial charge in [0.2, 0.25) is 0 Å². The van der Waals surface area contributed by atoms with Crippen LogP contribution in [0.1, 0.15) is 27.7 Å². The van der Waals surface area contributed by atoms with Crippen molar-refractivity contribution < 1.29 is 8.95 Å². The Morgan fingerprint density at radius 2 is 2.07 bits per heavy atom. The summed E-state index contributed by atoms with van der Waals surface area (Å²) in [4.78, 5) is 0. The van der Waals surface area contributed by atoms with Crippen LogP contribution in [0.15, 0.2) is 0 Å². The maximum Gasteiger partial charge on any atom is 0.116 e. The van der Waals surface area contributed by atoms with E-state index in [2.05, 4.69) is 10.8 Å². The lowest BCUT2D eigenvalue weighted by Gasteiger charge is -2.41. The molecule has 0 aromatic heterocycles. The van der Waals surface area contributed by atoms with E-state index in [0.29, 0.717) is 13.2 Å². The first-order valence-electron chi connectivity index (χ1n) is 4.95. The molecule has 1 rings (SSSR count). The Balaban J connectivity index is 2.63. The van der Waals surface area contributed by atoms with Gasteiger partial charge in [0.1, 0.15) is 6.04 Å². The highest BCUT2D eigenvalue weighted by Gasteiger charge is 2.43. The molecule has 0 radical (unpaired) electrons. The van der Waals surface area contributed by atoms with Crippen molar-refractivity contribution in [1.29, 1.82) is 5.26 Å². The number of hydrogen-bond acceptors (Lipinski definition) is 3. The first-order valence-corrected chi connectivity index (χ1v) is 6.10. The molecule has 15 heavy (non-hydrogen) atoms. The van der Waals surface area contributed by atoms with E-state index in [0.717, 1.165) is 0 Å². The van der Waals surface area contributed by atoms with E-state index in [1.807, 2.05) is 27.7 Å². The van der Waals surface area contributed by atoms with Crippen molar-refractivity contribution in [3.05, 3.63) is 0 Å². The average molecular weight is 230 g/mol. The zero-order valence-corrected chi connectivity index (χ0v) is 10.5. The second kappa shape index (κ2) is 4.20. The van der Waals surface area contributed by atoms with Crippen molar-refractivity contribution >= 4 is 11.0 Å². The van der Waals surface area contributed by atoms with Crippen LogP contribution in [0.25, 0.3) is 0 Å². The van der Waals surface area contributed by atoms with Crippen molar-refractivity contribution in [2.24, 2.45) is 5.41 Å². The minimum Gasteiger partial charge on any atom is -0.380 e. The Morgan fingerprint density at radius 3 is 2.33 bits per heavy atom. The molecule has 1 N–H and O–H groups in total. The van der Waals surface area contributed by atoms with Gasteiger partial charge in [0.15, 0.2) is 0 Å². The van der Waals surface area contributed by atoms with Gasteiger partial charge in [-0.3, -0.25) is 0 Å². The van der Waals surface area contributed by atoms with Gasteiger partial charge in [0.25, 0.3) is 0 Å². The molecule has 0 unspecified atom stereocenters. The smallest absolute Gasteiger partial charge is 0.116 e. The van der Waals surface area contributed by atoms with Gasteiger partial charge in [-0.1, -0.05) is 6.92 Å². The summed E-state index contributed by atoms with van der Waals surface area (Å²) in [6.07, 6.45) is 0. The first kappa shape index (κ1) is 12.6. The SMILES string of the molecule is CC1([C@H](C#N)N[S@@](=O)C(C)(C)C)COC1. The van der Waals surface area contributed by atoms with Gasteiger partial charge in [-0.15, -0.1) is 0 Å². The lowest BCUT2D eigenvalue weighted by molar-refractivity contribution is -0.108. The molecule has 86 valence electrons. The van der Waals surface area contributed by atoms with E-state index in [1.165, 1.54) is 0 Å². The summed E-state index contributed by atoms with van der Waals surface area (Å²) in [5.74, 6) is 0. The lowest BCUT2D eigenvalue weighted by Crippen LogP contribution is -2.56. The molecule has 1 saturated heterocycles. The number of nitrogens with one attached hydrogen (secondary N) is 1. The third kappa shape index (κ3) is 2.77. The number of nitrogens with zero attached hydrogens (tertiary/aromatic N) is 1. The quantitative estimate of drug-likeness (QED) is 0.785. The van der Waals surface area contributed by atoms with Crippen LogP contribution in [0.4, 0.5) is 0 Å². The van der Waals surface area contributed by atoms with Crippen LogP contribution in [0.3, 0.4) is 0 Å². The fourth-order valence-corrected chi connectivity index (χ4v) is 2.10. The van der Waals surface area contributed by atoms with Crippen molar-refractivity contribution in [2.45, 2.75) is 38.5 Å². The summed E-state index contributed by atoms with van der Waals surface area (Å²) in [6, 6.07) is 1.75. The minimum absolute atomic E-state index is 0.199. The van der Waals surface area contributed by atoms with Gasteiger partial charge in [0.05, 0.1) is 35.0 Å². The van der Waals surface area contributed by atoms with Crippen LogP contribution in [0, 0.1) is 16.7 Å². The molecule has 5 heteroatoms. The van der Waals surface area contributed by atoms with E-state index in [9.17, 15) is 4.21 Å². The summed E-state index contributed by atoms with van der Waals surface area (Å²) in [7, 11) is -1.21. The molecule has 1 heterocycles. The van der Waals surface area contributed by atoms with E-state index in [1.54, 1.807) is 0 Å². The van der Waals surface area contributed by atoms with Crippen LogP contribution in [0.5, 0.6) is 0 Å². The van der Waals surface area contributed by atoms with Gasteiger partial charge in [-0.25, -0.2) is 8.93 Å². The van der Waals surface area contributed by atoms with Gasteiger partial charge in [-0.05, 0) is 20.8 Å². The molecule has 1 fully saturated rings. The second-order valence-electron chi connectivity index (χ2n) is 5.21. The molecular weight excluding hydrogens is 212 g/mol. The van der Waals surface area contributed by atoms with Gasteiger partial charge >= 0.3 is 0 Å². The summed E-state index contributed by atoms with van der Waals surface area (Å²) in [5.41, 5.74) is -0.199. The zero-order chi connectivity index (χ0) is 11.7. The van der Waals surface area contributed by atoms with E-state index in [4.69, 9.17) is 10.00 Å². The van der Waals surface area contributed by atoms with E-state index >= 15 is 0 Å². The first-order chi connectivity index (χ1) is 6.79. The third-order valence-electron chi connectivity index (χ3n) is 2.47. The van der Waals surface area contributed by atoms with Crippen LogP contribution < -0.4 is 4.72 Å². The monoisotopic (exact) mass is 230 g/mol. The molecule has 1 aliphatic rings. The highest BCUT2D eigenvalue weighted by atomic mass is 32.2. The molecule has 0 amide bonds. The minimum atomic E-state index is -1.21. The Morgan fingerprint density at radius 1 is 1.53 bits per heavy atom.